The average molecular weight is 833 g/mol. The van der Waals surface area contributed by atoms with Gasteiger partial charge < -0.3 is 15.2 Å². The van der Waals surface area contributed by atoms with Crippen molar-refractivity contribution in [1.29, 1.82) is 0 Å². The Kier molecular flexibility index (Phi) is 11.5. The Labute approximate surface area is 336 Å². The molecule has 0 radical (unpaired) electrons. The summed E-state index contributed by atoms with van der Waals surface area (Å²) in [5.41, 5.74) is -5.05. The number of hydrogen-bond acceptors (Lipinski definition) is 9. The number of alkyl halides is 2. The zero-order valence-corrected chi connectivity index (χ0v) is 34.7. The maximum absolute atomic E-state index is 17.7. The molecule has 2 aliphatic carbocycles. The van der Waals surface area contributed by atoms with Crippen molar-refractivity contribution in [2.24, 2.45) is 17.8 Å². The molecule has 2 aliphatic heterocycles. The summed E-state index contributed by atoms with van der Waals surface area (Å²) in [6.07, 6.45) is 3.45. The van der Waals surface area contributed by atoms with Crippen molar-refractivity contribution >= 4 is 44.6 Å². The number of allylic oxidation sites excluding steroid dienone is 1. The molecule has 3 fully saturated rings. The van der Waals surface area contributed by atoms with E-state index < -0.39 is 104 Å². The molecule has 1 aromatic heterocycles. The van der Waals surface area contributed by atoms with E-state index in [4.69, 9.17) is 4.74 Å². The van der Waals surface area contributed by atoms with Crippen LogP contribution in [-0.2, 0) is 24.4 Å². The number of carbonyl (C=O) groups is 4. The fourth-order valence-corrected chi connectivity index (χ4v) is 9.86. The first-order valence-electron chi connectivity index (χ1n) is 20.1. The molecule has 4 aliphatic rings. The summed E-state index contributed by atoms with van der Waals surface area (Å²) in [7, 11) is -4.08. The van der Waals surface area contributed by atoms with E-state index in [9.17, 15) is 32.7 Å². The first-order chi connectivity index (χ1) is 27.1. The molecular formula is C40H54F2N6O9S. The molecule has 1 aromatic carbocycles. The van der Waals surface area contributed by atoms with E-state index in [1.54, 1.807) is 52.8 Å². The van der Waals surface area contributed by atoms with Gasteiger partial charge in [-0.1, -0.05) is 45.1 Å². The second-order valence-electron chi connectivity index (χ2n) is 17.2. The Bertz CT molecular complexity index is 2180. The van der Waals surface area contributed by atoms with Crippen LogP contribution in [0.5, 0.6) is 5.88 Å². The average Bonchev–Trinajstić information content (AvgIpc) is 4.08. The van der Waals surface area contributed by atoms with E-state index in [1.165, 1.54) is 12.1 Å². The van der Waals surface area contributed by atoms with Crippen LogP contribution in [0.1, 0.15) is 106 Å². The number of rotatable bonds is 9. The van der Waals surface area contributed by atoms with Crippen LogP contribution < -0.4 is 20.3 Å². The van der Waals surface area contributed by atoms with Crippen molar-refractivity contribution in [2.45, 2.75) is 146 Å². The van der Waals surface area contributed by atoms with Crippen molar-refractivity contribution in [2.75, 3.05) is 0 Å². The van der Waals surface area contributed by atoms with Gasteiger partial charge in [-0.15, -0.1) is 5.10 Å². The number of hydrogen-bond donors (Lipinski definition) is 3. The quantitative estimate of drug-likeness (QED) is 0.230. The van der Waals surface area contributed by atoms with Crippen molar-refractivity contribution in [3.8, 4) is 5.88 Å². The van der Waals surface area contributed by atoms with Crippen molar-refractivity contribution < 1.29 is 46.2 Å². The molecule has 2 saturated carbocycles. The van der Waals surface area contributed by atoms with Crippen LogP contribution in [0.4, 0.5) is 13.6 Å². The molecular weight excluding hydrogens is 779 g/mol. The van der Waals surface area contributed by atoms with Crippen LogP contribution in [0.2, 0.25) is 0 Å². The van der Waals surface area contributed by atoms with E-state index in [0.29, 0.717) is 25.7 Å². The lowest BCUT2D eigenvalue weighted by atomic mass is 9.86. The number of sulfonamides is 1. The van der Waals surface area contributed by atoms with Crippen molar-refractivity contribution in [1.82, 2.24) is 29.6 Å². The minimum absolute atomic E-state index is 0.0330. The number of carboxylic acid groups (broad SMARTS) is 1. The molecule has 3 N–H and O–H groups in total. The van der Waals surface area contributed by atoms with Gasteiger partial charge >= 0.3 is 12.1 Å². The number of nitrogens with one attached hydrogen (secondary N) is 2. The molecule has 0 bridgehead atoms. The predicted molar refractivity (Wildman–Crippen MR) is 209 cm³/mol. The summed E-state index contributed by atoms with van der Waals surface area (Å²) < 4.78 is 70.6. The van der Waals surface area contributed by atoms with E-state index in [2.05, 4.69) is 15.1 Å². The third-order valence-electron chi connectivity index (χ3n) is 12.3. The Balaban J connectivity index is 1.50. The largest absolute Gasteiger partial charge is 0.465 e. The summed E-state index contributed by atoms with van der Waals surface area (Å²) >= 11 is 0. The highest BCUT2D eigenvalue weighted by atomic mass is 32.2. The lowest BCUT2D eigenvalue weighted by Crippen LogP contribution is -2.64. The molecule has 3 unspecified atom stereocenters. The number of carbonyl (C=O) groups excluding carboxylic acids is 3. The third kappa shape index (κ3) is 7.68. The van der Waals surface area contributed by atoms with Gasteiger partial charge in [0.15, 0.2) is 5.60 Å². The molecule has 0 spiro atoms. The van der Waals surface area contributed by atoms with E-state index in [0.717, 1.165) is 16.5 Å². The van der Waals surface area contributed by atoms with Crippen LogP contribution in [0, 0.1) is 17.8 Å². The smallest absolute Gasteiger partial charge is 0.408 e. The molecule has 4 amide bonds. The number of ether oxygens (including phenoxy) is 1. The third-order valence-corrected chi connectivity index (χ3v) is 14.1. The lowest BCUT2D eigenvalue weighted by molar-refractivity contribution is -0.219. The van der Waals surface area contributed by atoms with Gasteiger partial charge in [0.1, 0.15) is 17.6 Å². The van der Waals surface area contributed by atoms with Crippen molar-refractivity contribution in [3.63, 3.8) is 0 Å². The summed E-state index contributed by atoms with van der Waals surface area (Å²) in [5.74, 6) is -5.49. The second kappa shape index (κ2) is 15.5. The first-order valence-corrected chi connectivity index (χ1v) is 21.6. The Morgan fingerprint density at radius 1 is 1.09 bits per heavy atom. The fraction of sp³-hybridized carbons (Fsp3) is 0.650. The van der Waals surface area contributed by atoms with Gasteiger partial charge in [0.25, 0.3) is 17.4 Å². The molecule has 8 atom stereocenters. The summed E-state index contributed by atoms with van der Waals surface area (Å²) in [6.45, 7) is 11.2. The minimum atomic E-state index is -4.33. The molecule has 1 saturated heterocycles. The Hall–Kier alpha value is -4.61. The lowest BCUT2D eigenvalue weighted by Gasteiger charge is -2.42. The SMILES string of the molecule is CCC(C)N(C(=O)O)[C@@H]1C(=O)N2[C@@H](C[C@@](C)(Oc3nn(C(C)C)c(=O)c4ccccc34)C2(F)F)C(=O)NC2(C(=O)NS(=O)(=O)C3CC3)CC2/C=C\CC[C@@H](C)C[C@H]1C. The number of aromatic nitrogens is 2. The molecule has 58 heavy (non-hydrogen) atoms. The zero-order chi connectivity index (χ0) is 42.7. The standard InChI is InChI=1S/C40H54F2N6O9S/c1-8-25(6)46(37(53)54)31-24(5)19-23(4)13-9-10-14-26-20-39(26,36(52)45-58(55,56)27-17-18-27)43-32(49)30-21-38(7,40(41,42)47(30)35(31)51)57-33-28-15-11-12-16-29(28)34(50)48(44-33)22(2)3/h10-12,14-16,22-27,30-31H,8-9,13,17-21H2,1-7H3,(H,43,49)(H,45,52)(H,53,54)/b14-10-/t23-,24-,25?,26?,30+,31+,38-,39?/m1/s1. The van der Waals surface area contributed by atoms with Gasteiger partial charge in [-0.05, 0) is 96.6 Å². The summed E-state index contributed by atoms with van der Waals surface area (Å²) in [6, 6.07) is -3.21. The van der Waals surface area contributed by atoms with Crippen LogP contribution in [0.3, 0.4) is 0 Å². The highest BCUT2D eigenvalue weighted by molar-refractivity contribution is 7.91. The zero-order valence-electron chi connectivity index (χ0n) is 33.9. The van der Waals surface area contributed by atoms with Crippen LogP contribution >= 0.6 is 0 Å². The highest BCUT2D eigenvalue weighted by Gasteiger charge is 2.71. The summed E-state index contributed by atoms with van der Waals surface area (Å²) in [4.78, 5) is 70.9. The monoisotopic (exact) mass is 832 g/mol. The maximum atomic E-state index is 17.7. The number of halogens is 2. The van der Waals surface area contributed by atoms with Gasteiger partial charge in [-0.2, -0.15) is 8.78 Å². The molecule has 2 aromatic rings. The van der Waals surface area contributed by atoms with Crippen LogP contribution in [-0.4, -0.2) is 97.5 Å². The van der Waals surface area contributed by atoms with E-state index in [1.807, 2.05) is 13.0 Å². The van der Waals surface area contributed by atoms with Gasteiger partial charge in [0, 0.05) is 18.4 Å². The number of amides is 4. The van der Waals surface area contributed by atoms with Gasteiger partial charge in [0.2, 0.25) is 21.8 Å². The molecule has 3 heterocycles. The predicted octanol–water partition coefficient (Wildman–Crippen LogP) is 4.95. The van der Waals surface area contributed by atoms with Gasteiger partial charge in [-0.25, -0.2) is 17.9 Å². The Morgan fingerprint density at radius 2 is 1.74 bits per heavy atom. The number of nitrogens with zero attached hydrogens (tertiary/aromatic N) is 4. The van der Waals surface area contributed by atoms with E-state index in [-0.39, 0.29) is 46.7 Å². The summed E-state index contributed by atoms with van der Waals surface area (Å²) in [5, 5.41) is 16.9. The van der Waals surface area contributed by atoms with Crippen LogP contribution in [0.15, 0.2) is 41.2 Å². The Morgan fingerprint density at radius 3 is 2.34 bits per heavy atom. The fourth-order valence-electron chi connectivity index (χ4n) is 8.50. The molecule has 6 rings (SSSR count). The normalized spacial score (nSPS) is 31.3. The highest BCUT2D eigenvalue weighted by Crippen LogP contribution is 2.51. The van der Waals surface area contributed by atoms with Crippen LogP contribution in [0.25, 0.3) is 10.8 Å². The van der Waals surface area contributed by atoms with Gasteiger partial charge in [-0.3, -0.25) is 33.7 Å². The van der Waals surface area contributed by atoms with Gasteiger partial charge in [0.05, 0.1) is 22.1 Å². The van der Waals surface area contributed by atoms with E-state index >= 15 is 13.6 Å². The minimum Gasteiger partial charge on any atom is -0.465 e. The maximum Gasteiger partial charge on any atom is 0.408 e. The topological polar surface area (TPSA) is 197 Å². The number of benzene rings is 1. The van der Waals surface area contributed by atoms with Crippen molar-refractivity contribution in [3.05, 3.63) is 46.8 Å². The number of fused-ring (bicyclic) bond motifs is 3. The first kappa shape index (κ1) is 43.0. The molecule has 318 valence electrons. The molecule has 18 heteroatoms. The molecule has 15 nitrogen and oxygen atoms in total. The second-order valence-corrected chi connectivity index (χ2v) is 19.1.